The van der Waals surface area contributed by atoms with Crippen LogP contribution in [-0.4, -0.2) is 51.5 Å². The van der Waals surface area contributed by atoms with Crippen molar-refractivity contribution < 1.29 is 8.54 Å². The van der Waals surface area contributed by atoms with E-state index < -0.39 is 25.7 Å². The second kappa shape index (κ2) is 9.43. The van der Waals surface area contributed by atoms with Crippen LogP contribution in [0.15, 0.2) is 0 Å². The van der Waals surface area contributed by atoms with Gasteiger partial charge in [0, 0.05) is 19.3 Å². The van der Waals surface area contributed by atoms with E-state index in [1.54, 1.807) is 0 Å². The van der Waals surface area contributed by atoms with Crippen LogP contribution in [0.4, 0.5) is 0 Å². The third kappa shape index (κ3) is 12.0. The quantitative estimate of drug-likeness (QED) is 0.450. The summed E-state index contributed by atoms with van der Waals surface area (Å²) in [6.45, 7) is 16.3. The van der Waals surface area contributed by atoms with Crippen molar-refractivity contribution in [3.05, 3.63) is 0 Å². The molecule has 0 saturated heterocycles. The molecule has 116 valence electrons. The van der Waals surface area contributed by atoms with Crippen molar-refractivity contribution in [1.82, 2.24) is 5.32 Å². The molecule has 7 heteroatoms. The van der Waals surface area contributed by atoms with E-state index in [9.17, 15) is 0 Å². The SMILES string of the molecule is C[SiH](C)CO[Si](C)(C)O[Si](C)(C)CCCNCCN. The predicted molar refractivity (Wildman–Crippen MR) is 92.2 cm³/mol. The molecule has 0 atom stereocenters. The lowest BCUT2D eigenvalue weighted by Gasteiger charge is -2.33. The molecule has 0 heterocycles. The maximum absolute atomic E-state index is 6.41. The van der Waals surface area contributed by atoms with Gasteiger partial charge < -0.3 is 19.6 Å². The molecule has 0 fully saturated rings. The van der Waals surface area contributed by atoms with Crippen molar-refractivity contribution >= 4 is 25.7 Å². The molecular formula is C12H34N2O2Si3. The van der Waals surface area contributed by atoms with Gasteiger partial charge in [0.2, 0.25) is 0 Å². The largest absolute Gasteiger partial charge is 0.436 e. The Morgan fingerprint density at radius 2 is 1.74 bits per heavy atom. The zero-order chi connectivity index (χ0) is 14.9. The van der Waals surface area contributed by atoms with Gasteiger partial charge in [-0.05, 0) is 45.2 Å². The molecule has 0 unspecified atom stereocenters. The van der Waals surface area contributed by atoms with Gasteiger partial charge in [-0.1, -0.05) is 13.1 Å². The average Bonchev–Trinajstić information content (AvgIpc) is 2.25. The molecule has 0 saturated carbocycles. The molecule has 0 radical (unpaired) electrons. The van der Waals surface area contributed by atoms with Crippen LogP contribution in [-0.2, 0) is 8.54 Å². The summed E-state index contributed by atoms with van der Waals surface area (Å²) < 4.78 is 12.5. The molecule has 0 amide bonds. The van der Waals surface area contributed by atoms with Crippen LogP contribution in [0.1, 0.15) is 6.42 Å². The minimum atomic E-state index is -1.92. The lowest BCUT2D eigenvalue weighted by molar-refractivity contribution is 0.288. The van der Waals surface area contributed by atoms with Gasteiger partial charge in [0.05, 0.1) is 8.80 Å². The smallest absolute Gasteiger partial charge is 0.321 e. The molecular weight excluding hydrogens is 288 g/mol. The topological polar surface area (TPSA) is 56.5 Å². The van der Waals surface area contributed by atoms with Crippen molar-refractivity contribution in [3.63, 3.8) is 0 Å². The highest BCUT2D eigenvalue weighted by Gasteiger charge is 2.34. The monoisotopic (exact) mass is 322 g/mol. The Morgan fingerprint density at radius 1 is 1.11 bits per heavy atom. The number of hydrogen-bond donors (Lipinski definition) is 2. The molecule has 0 aliphatic carbocycles. The second-order valence-corrected chi connectivity index (χ2v) is 17.7. The highest BCUT2D eigenvalue weighted by molar-refractivity contribution is 6.82. The zero-order valence-corrected chi connectivity index (χ0v) is 16.9. The van der Waals surface area contributed by atoms with E-state index in [-0.39, 0.29) is 0 Å². The number of nitrogens with one attached hydrogen (secondary N) is 1. The van der Waals surface area contributed by atoms with Gasteiger partial charge in [0.15, 0.2) is 8.32 Å². The molecule has 0 bridgehead atoms. The van der Waals surface area contributed by atoms with Crippen molar-refractivity contribution in [2.75, 3.05) is 25.9 Å². The average molecular weight is 323 g/mol. The second-order valence-electron chi connectivity index (χ2n) is 6.61. The van der Waals surface area contributed by atoms with Crippen LogP contribution in [0.5, 0.6) is 0 Å². The maximum Gasteiger partial charge on any atom is 0.321 e. The van der Waals surface area contributed by atoms with Gasteiger partial charge in [-0.2, -0.15) is 0 Å². The Labute approximate surface area is 123 Å². The van der Waals surface area contributed by atoms with Crippen molar-refractivity contribution in [1.29, 1.82) is 0 Å². The van der Waals surface area contributed by atoms with E-state index in [4.69, 9.17) is 14.3 Å². The molecule has 19 heavy (non-hydrogen) atoms. The standard InChI is InChI=1S/C12H34N2O2Si3/c1-17(2)12-15-19(5,6)16-18(3,4)11-7-9-14-10-8-13/h14,17H,7-13H2,1-6H3. The molecule has 0 rings (SSSR count). The Morgan fingerprint density at radius 3 is 2.26 bits per heavy atom. The highest BCUT2D eigenvalue weighted by atomic mass is 28.4. The Bertz CT molecular complexity index is 239. The van der Waals surface area contributed by atoms with E-state index >= 15 is 0 Å². The maximum atomic E-state index is 6.41. The van der Waals surface area contributed by atoms with Crippen molar-refractivity contribution in [2.45, 2.75) is 51.7 Å². The molecule has 0 aromatic heterocycles. The fourth-order valence-electron chi connectivity index (χ4n) is 1.98. The van der Waals surface area contributed by atoms with Crippen LogP contribution >= 0.6 is 0 Å². The zero-order valence-electron chi connectivity index (χ0n) is 13.7. The highest BCUT2D eigenvalue weighted by Crippen LogP contribution is 2.20. The molecule has 0 spiro atoms. The van der Waals surface area contributed by atoms with E-state index in [0.717, 1.165) is 19.3 Å². The fourth-order valence-corrected chi connectivity index (χ4v) is 11.9. The summed E-state index contributed by atoms with van der Waals surface area (Å²) in [7, 11) is -4.16. The molecule has 0 aliphatic rings. The summed E-state index contributed by atoms with van der Waals surface area (Å²) in [4.78, 5) is 0. The van der Waals surface area contributed by atoms with Gasteiger partial charge >= 0.3 is 8.56 Å². The summed E-state index contributed by atoms with van der Waals surface area (Å²) in [5.74, 6) is 0. The van der Waals surface area contributed by atoms with Gasteiger partial charge in [-0.25, -0.2) is 0 Å². The fraction of sp³-hybridized carbons (Fsp3) is 1.00. The minimum absolute atomic E-state index is 0.648. The predicted octanol–water partition coefficient (Wildman–Crippen LogP) is 1.89. The number of hydrogen-bond acceptors (Lipinski definition) is 4. The van der Waals surface area contributed by atoms with E-state index in [1.165, 1.54) is 12.5 Å². The van der Waals surface area contributed by atoms with Crippen molar-refractivity contribution in [2.24, 2.45) is 5.73 Å². The van der Waals surface area contributed by atoms with Crippen LogP contribution in [0.25, 0.3) is 0 Å². The molecule has 0 aromatic carbocycles. The Hall–Kier alpha value is 0.491. The molecule has 4 nitrogen and oxygen atoms in total. The van der Waals surface area contributed by atoms with Gasteiger partial charge in [-0.15, -0.1) is 0 Å². The van der Waals surface area contributed by atoms with Crippen molar-refractivity contribution in [3.8, 4) is 0 Å². The third-order valence-corrected chi connectivity index (χ3v) is 10.5. The summed E-state index contributed by atoms with van der Waals surface area (Å²) in [5.41, 5.74) is 5.45. The first kappa shape index (κ1) is 19.5. The summed E-state index contributed by atoms with van der Waals surface area (Å²) >= 11 is 0. The molecule has 0 aromatic rings. The first-order valence-corrected chi connectivity index (χ1v) is 16.5. The Balaban J connectivity index is 3.97. The first-order valence-electron chi connectivity index (χ1n) is 7.43. The summed E-state index contributed by atoms with van der Waals surface area (Å²) in [6, 6.07) is 1.18. The van der Waals surface area contributed by atoms with Crippen LogP contribution in [0, 0.1) is 0 Å². The van der Waals surface area contributed by atoms with Gasteiger partial charge in [0.1, 0.15) is 0 Å². The molecule has 3 N–H and O–H groups in total. The summed E-state index contributed by atoms with van der Waals surface area (Å²) in [5, 5.41) is 3.34. The van der Waals surface area contributed by atoms with Gasteiger partial charge in [-0.3, -0.25) is 0 Å². The lowest BCUT2D eigenvalue weighted by atomic mass is 10.5. The third-order valence-electron chi connectivity index (χ3n) is 2.74. The van der Waals surface area contributed by atoms with E-state index in [0.29, 0.717) is 6.54 Å². The van der Waals surface area contributed by atoms with Gasteiger partial charge in [0.25, 0.3) is 0 Å². The molecule has 0 aliphatic heterocycles. The normalized spacial score (nSPS) is 13.3. The number of nitrogens with two attached hydrogens (primary N) is 1. The number of rotatable bonds is 11. The summed E-state index contributed by atoms with van der Waals surface area (Å²) in [6.07, 6.45) is 2.12. The lowest BCUT2D eigenvalue weighted by Crippen LogP contribution is -2.47. The Kier molecular flexibility index (Phi) is 9.67. The van der Waals surface area contributed by atoms with Crippen LogP contribution < -0.4 is 11.1 Å². The minimum Gasteiger partial charge on any atom is -0.436 e. The van der Waals surface area contributed by atoms with Crippen LogP contribution in [0.2, 0.25) is 45.3 Å². The van der Waals surface area contributed by atoms with Crippen LogP contribution in [0.3, 0.4) is 0 Å². The first-order chi connectivity index (χ1) is 8.68. The van der Waals surface area contributed by atoms with E-state index in [2.05, 4.69) is 44.6 Å². The van der Waals surface area contributed by atoms with E-state index in [1.807, 2.05) is 0 Å².